The Morgan fingerprint density at radius 2 is 1.88 bits per heavy atom. The summed E-state index contributed by atoms with van der Waals surface area (Å²) in [5.41, 5.74) is 3.24. The van der Waals surface area contributed by atoms with Crippen LogP contribution in [-0.2, 0) is 16.4 Å². The Hall–Kier alpha value is -1.95. The molecule has 2 aromatic rings. The number of benzene rings is 2. The molecule has 1 saturated heterocycles. The van der Waals surface area contributed by atoms with Gasteiger partial charge in [0.15, 0.2) is 0 Å². The van der Waals surface area contributed by atoms with Crippen molar-refractivity contribution in [1.29, 1.82) is 0 Å². The molecule has 0 bridgehead atoms. The SMILES string of the molecule is C=C1CN(S(=O)(=O)c2ccc(C)cc2)C2c3ccccc3C[C@@]12CO. The third-order valence-electron chi connectivity index (χ3n) is 5.63. The predicted octanol–water partition coefficient (Wildman–Crippen LogP) is 2.83. The number of rotatable bonds is 3. The first-order chi connectivity index (χ1) is 11.9. The number of nitrogens with zero attached hydrogens (tertiary/aromatic N) is 1. The van der Waals surface area contributed by atoms with Crippen LogP contribution in [0.2, 0.25) is 0 Å². The average Bonchev–Trinajstić information content (AvgIpc) is 3.09. The van der Waals surface area contributed by atoms with Gasteiger partial charge in [0.05, 0.1) is 17.5 Å². The number of hydrogen-bond acceptors (Lipinski definition) is 3. The average molecular weight is 355 g/mol. The van der Waals surface area contributed by atoms with Crippen LogP contribution in [0.25, 0.3) is 0 Å². The lowest BCUT2D eigenvalue weighted by Gasteiger charge is -2.31. The van der Waals surface area contributed by atoms with Gasteiger partial charge in [0, 0.05) is 12.0 Å². The highest BCUT2D eigenvalue weighted by molar-refractivity contribution is 7.89. The maximum Gasteiger partial charge on any atom is 0.243 e. The van der Waals surface area contributed by atoms with Gasteiger partial charge in [-0.15, -0.1) is 0 Å². The van der Waals surface area contributed by atoms with Crippen LogP contribution in [0, 0.1) is 12.3 Å². The largest absolute Gasteiger partial charge is 0.395 e. The summed E-state index contributed by atoms with van der Waals surface area (Å²) in [5, 5.41) is 10.2. The second-order valence-electron chi connectivity index (χ2n) is 7.06. The zero-order valence-corrected chi connectivity index (χ0v) is 15.0. The summed E-state index contributed by atoms with van der Waals surface area (Å²) < 4.78 is 28.1. The van der Waals surface area contributed by atoms with E-state index in [9.17, 15) is 13.5 Å². The van der Waals surface area contributed by atoms with Gasteiger partial charge in [0.1, 0.15) is 0 Å². The highest BCUT2D eigenvalue weighted by atomic mass is 32.2. The highest BCUT2D eigenvalue weighted by Gasteiger charge is 2.58. The number of aliphatic hydroxyl groups excluding tert-OH is 1. The Kier molecular flexibility index (Phi) is 3.65. The van der Waals surface area contributed by atoms with Crippen LogP contribution in [0.5, 0.6) is 0 Å². The first-order valence-corrected chi connectivity index (χ1v) is 9.79. The van der Waals surface area contributed by atoms with Gasteiger partial charge in [0.25, 0.3) is 0 Å². The van der Waals surface area contributed by atoms with E-state index in [2.05, 4.69) is 6.58 Å². The molecule has 4 rings (SSSR count). The minimum Gasteiger partial charge on any atom is -0.395 e. The molecule has 4 nitrogen and oxygen atoms in total. The van der Waals surface area contributed by atoms with E-state index in [1.807, 2.05) is 31.2 Å². The van der Waals surface area contributed by atoms with E-state index in [1.165, 1.54) is 4.31 Å². The Bertz CT molecular complexity index is 949. The van der Waals surface area contributed by atoms with E-state index in [4.69, 9.17) is 0 Å². The zero-order valence-electron chi connectivity index (χ0n) is 14.1. The molecule has 1 unspecified atom stereocenters. The monoisotopic (exact) mass is 355 g/mol. The van der Waals surface area contributed by atoms with Crippen molar-refractivity contribution >= 4 is 10.0 Å². The molecule has 2 aliphatic rings. The molecule has 1 aliphatic carbocycles. The molecule has 1 heterocycles. The van der Waals surface area contributed by atoms with Gasteiger partial charge in [0.2, 0.25) is 10.0 Å². The summed E-state index contributed by atoms with van der Waals surface area (Å²) in [6.45, 7) is 6.20. The molecule has 0 aromatic heterocycles. The number of fused-ring (bicyclic) bond motifs is 3. The van der Waals surface area contributed by atoms with Gasteiger partial charge >= 0.3 is 0 Å². The lowest BCUT2D eigenvalue weighted by molar-refractivity contribution is 0.133. The first-order valence-electron chi connectivity index (χ1n) is 8.35. The maximum absolute atomic E-state index is 13.3. The Labute approximate surface area is 148 Å². The summed E-state index contributed by atoms with van der Waals surface area (Å²) in [7, 11) is -3.67. The Balaban J connectivity index is 1.86. The summed E-state index contributed by atoms with van der Waals surface area (Å²) in [6.07, 6.45) is 0.628. The van der Waals surface area contributed by atoms with Crippen molar-refractivity contribution in [1.82, 2.24) is 4.31 Å². The summed E-state index contributed by atoms with van der Waals surface area (Å²) >= 11 is 0. The van der Waals surface area contributed by atoms with Crippen molar-refractivity contribution in [2.24, 2.45) is 5.41 Å². The minimum atomic E-state index is -3.67. The van der Waals surface area contributed by atoms with Crippen LogP contribution >= 0.6 is 0 Å². The van der Waals surface area contributed by atoms with E-state index >= 15 is 0 Å². The molecule has 0 saturated carbocycles. The van der Waals surface area contributed by atoms with Crippen LogP contribution < -0.4 is 0 Å². The van der Waals surface area contributed by atoms with Gasteiger partial charge in [-0.25, -0.2) is 8.42 Å². The van der Waals surface area contributed by atoms with E-state index in [1.54, 1.807) is 24.3 Å². The maximum atomic E-state index is 13.3. The molecule has 1 fully saturated rings. The molecule has 25 heavy (non-hydrogen) atoms. The van der Waals surface area contributed by atoms with Gasteiger partial charge in [-0.05, 0) is 36.6 Å². The van der Waals surface area contributed by atoms with Crippen LogP contribution in [0.15, 0.2) is 65.6 Å². The van der Waals surface area contributed by atoms with Crippen molar-refractivity contribution in [3.63, 3.8) is 0 Å². The molecule has 1 N–H and O–H groups in total. The normalized spacial score (nSPS) is 25.8. The van der Waals surface area contributed by atoms with Crippen LogP contribution in [0.4, 0.5) is 0 Å². The van der Waals surface area contributed by atoms with Gasteiger partial charge in [-0.2, -0.15) is 4.31 Å². The fraction of sp³-hybridized carbons (Fsp3) is 0.300. The third-order valence-corrected chi connectivity index (χ3v) is 7.45. The molecule has 130 valence electrons. The molecule has 2 atom stereocenters. The van der Waals surface area contributed by atoms with Crippen LogP contribution in [0.1, 0.15) is 22.7 Å². The van der Waals surface area contributed by atoms with Crippen molar-refractivity contribution in [3.05, 3.63) is 77.4 Å². The molecule has 0 spiro atoms. The smallest absolute Gasteiger partial charge is 0.243 e. The minimum absolute atomic E-state index is 0.106. The van der Waals surface area contributed by atoms with Gasteiger partial charge in [-0.1, -0.05) is 54.1 Å². The van der Waals surface area contributed by atoms with Crippen LogP contribution in [0.3, 0.4) is 0 Å². The molecular formula is C20H21NO3S. The van der Waals surface area contributed by atoms with Gasteiger partial charge < -0.3 is 5.11 Å². The lowest BCUT2D eigenvalue weighted by Crippen LogP contribution is -2.35. The molecule has 0 radical (unpaired) electrons. The topological polar surface area (TPSA) is 57.6 Å². The van der Waals surface area contributed by atoms with Crippen LogP contribution in [-0.4, -0.2) is 31.0 Å². The summed E-state index contributed by atoms with van der Waals surface area (Å²) in [6, 6.07) is 14.4. The molecule has 1 aliphatic heterocycles. The standard InChI is InChI=1S/C20H21NO3S/c1-14-7-9-17(10-8-14)25(23,24)21-12-15(2)20(13-22)11-16-5-3-4-6-18(16)19(20)21/h3-10,19,22H,2,11-13H2,1H3/t19?,20-/m1/s1. The zero-order chi connectivity index (χ0) is 17.8. The predicted molar refractivity (Wildman–Crippen MR) is 96.6 cm³/mol. The first kappa shape index (κ1) is 16.5. The highest BCUT2D eigenvalue weighted by Crippen LogP contribution is 2.58. The second-order valence-corrected chi connectivity index (χ2v) is 8.95. The number of sulfonamides is 1. The number of aliphatic hydroxyl groups is 1. The van der Waals surface area contributed by atoms with E-state index in [0.29, 0.717) is 6.42 Å². The van der Waals surface area contributed by atoms with Crippen molar-refractivity contribution in [3.8, 4) is 0 Å². The van der Waals surface area contributed by atoms with E-state index < -0.39 is 21.5 Å². The summed E-state index contributed by atoms with van der Waals surface area (Å²) in [4.78, 5) is 0.282. The Morgan fingerprint density at radius 1 is 1.20 bits per heavy atom. The second kappa shape index (κ2) is 5.53. The van der Waals surface area contributed by atoms with E-state index in [0.717, 1.165) is 22.3 Å². The fourth-order valence-corrected chi connectivity index (χ4v) is 5.88. The molecule has 2 aromatic carbocycles. The molecular weight excluding hydrogens is 334 g/mol. The Morgan fingerprint density at radius 3 is 2.56 bits per heavy atom. The third kappa shape index (κ3) is 2.23. The number of aryl methyl sites for hydroxylation is 1. The lowest BCUT2D eigenvalue weighted by atomic mass is 9.79. The van der Waals surface area contributed by atoms with E-state index in [-0.39, 0.29) is 18.0 Å². The van der Waals surface area contributed by atoms with Gasteiger partial charge in [-0.3, -0.25) is 0 Å². The molecule has 0 amide bonds. The molecule has 5 heteroatoms. The van der Waals surface area contributed by atoms with Crippen molar-refractivity contribution in [2.45, 2.75) is 24.3 Å². The summed E-state index contributed by atoms with van der Waals surface area (Å²) in [5.74, 6) is 0. The quantitative estimate of drug-likeness (QED) is 0.862. The van der Waals surface area contributed by atoms with Crippen molar-refractivity contribution < 1.29 is 13.5 Å². The number of hydrogen-bond donors (Lipinski definition) is 1. The van der Waals surface area contributed by atoms with Crippen molar-refractivity contribution in [2.75, 3.05) is 13.2 Å². The fourth-order valence-electron chi connectivity index (χ4n) is 4.21.